The summed E-state index contributed by atoms with van der Waals surface area (Å²) >= 11 is 0. The highest BCUT2D eigenvalue weighted by Gasteiger charge is 2.30. The minimum Gasteiger partial charge on any atom is -0.368 e. The summed E-state index contributed by atoms with van der Waals surface area (Å²) in [5, 5.41) is 0. The first-order valence-corrected chi connectivity index (χ1v) is 7.58. The molecule has 1 amide bonds. The van der Waals surface area contributed by atoms with Crippen molar-refractivity contribution in [1.29, 1.82) is 0 Å². The van der Waals surface area contributed by atoms with Gasteiger partial charge in [-0.3, -0.25) is 4.79 Å². The minimum absolute atomic E-state index is 0.151. The van der Waals surface area contributed by atoms with Gasteiger partial charge in [-0.1, -0.05) is 6.07 Å². The highest BCUT2D eigenvalue weighted by molar-refractivity contribution is 5.81. The number of aromatic nitrogens is 1. The van der Waals surface area contributed by atoms with Gasteiger partial charge in [-0.25, -0.2) is 4.98 Å². The summed E-state index contributed by atoms with van der Waals surface area (Å²) in [4.78, 5) is 20.8. The number of anilines is 1. The summed E-state index contributed by atoms with van der Waals surface area (Å²) in [5.41, 5.74) is 6.61. The number of rotatable bonds is 3. The Hall–Kier alpha value is -1.66. The van der Waals surface area contributed by atoms with Gasteiger partial charge in [-0.2, -0.15) is 0 Å². The number of nitrogens with two attached hydrogens (primary N) is 1. The molecule has 0 spiro atoms. The number of pyridine rings is 1. The quantitative estimate of drug-likeness (QED) is 0.870. The Labute approximate surface area is 124 Å². The molecule has 1 unspecified atom stereocenters. The molecule has 3 heterocycles. The molecule has 0 aliphatic carbocycles. The predicted octanol–water partition coefficient (Wildman–Crippen LogP) is 0.368. The van der Waals surface area contributed by atoms with Crippen molar-refractivity contribution in [3.8, 4) is 0 Å². The van der Waals surface area contributed by atoms with Crippen LogP contribution >= 0.6 is 0 Å². The second kappa shape index (κ2) is 6.41. The van der Waals surface area contributed by atoms with Gasteiger partial charge < -0.3 is 20.3 Å². The number of carbonyl (C=O) groups excluding carboxylic acids is 1. The molecule has 2 fully saturated rings. The molecular weight excluding hydrogens is 268 g/mol. The zero-order valence-corrected chi connectivity index (χ0v) is 12.2. The van der Waals surface area contributed by atoms with Gasteiger partial charge in [-0.05, 0) is 24.5 Å². The lowest BCUT2D eigenvalue weighted by Crippen LogP contribution is -2.51. The number of nitrogens with zero attached hydrogens (tertiary/aromatic N) is 3. The zero-order valence-electron chi connectivity index (χ0n) is 12.2. The molecule has 1 aromatic heterocycles. The highest BCUT2D eigenvalue weighted by Crippen LogP contribution is 2.18. The number of amides is 1. The van der Waals surface area contributed by atoms with Crippen LogP contribution in [0.2, 0.25) is 0 Å². The molecule has 1 atom stereocenters. The van der Waals surface area contributed by atoms with Gasteiger partial charge in [-0.15, -0.1) is 0 Å². The minimum atomic E-state index is -0.210. The summed E-state index contributed by atoms with van der Waals surface area (Å²) in [7, 11) is 0. The number of carbonyl (C=O) groups is 1. The molecule has 2 aliphatic rings. The first kappa shape index (κ1) is 14.3. The Balaban J connectivity index is 1.55. The van der Waals surface area contributed by atoms with Crippen molar-refractivity contribution in [2.24, 2.45) is 5.73 Å². The Kier molecular flexibility index (Phi) is 4.36. The van der Waals surface area contributed by atoms with Crippen LogP contribution in [0.5, 0.6) is 0 Å². The Morgan fingerprint density at radius 3 is 2.71 bits per heavy atom. The van der Waals surface area contributed by atoms with Crippen molar-refractivity contribution in [1.82, 2.24) is 9.88 Å². The maximum atomic E-state index is 12.3. The molecule has 2 saturated heterocycles. The van der Waals surface area contributed by atoms with Gasteiger partial charge in [0.2, 0.25) is 0 Å². The first-order chi connectivity index (χ1) is 10.3. The van der Waals surface area contributed by atoms with E-state index >= 15 is 0 Å². The van der Waals surface area contributed by atoms with Crippen LogP contribution in [0.25, 0.3) is 0 Å². The Morgan fingerprint density at radius 1 is 1.33 bits per heavy atom. The second-order valence-corrected chi connectivity index (χ2v) is 5.54. The molecule has 114 valence electrons. The summed E-state index contributed by atoms with van der Waals surface area (Å²) in [6.45, 7) is 4.32. The third kappa shape index (κ3) is 3.16. The smallest absolute Gasteiger partial charge is 0.251 e. The van der Waals surface area contributed by atoms with E-state index in [1.807, 2.05) is 23.2 Å². The van der Waals surface area contributed by atoms with Crippen molar-refractivity contribution in [2.45, 2.75) is 25.5 Å². The number of piperazine rings is 1. The van der Waals surface area contributed by atoms with E-state index in [1.54, 1.807) is 0 Å². The lowest BCUT2D eigenvalue weighted by Gasteiger charge is -2.36. The van der Waals surface area contributed by atoms with Crippen LogP contribution in [0, 0.1) is 0 Å². The van der Waals surface area contributed by atoms with Crippen LogP contribution in [0.3, 0.4) is 0 Å². The Bertz CT molecular complexity index is 477. The molecule has 6 heteroatoms. The normalized spacial score (nSPS) is 22.6. The molecule has 3 rings (SSSR count). The van der Waals surface area contributed by atoms with Crippen LogP contribution in [0.1, 0.15) is 18.4 Å². The third-order valence-corrected chi connectivity index (χ3v) is 4.17. The number of hydrogen-bond acceptors (Lipinski definition) is 5. The zero-order chi connectivity index (χ0) is 14.7. The average Bonchev–Trinajstić information content (AvgIpc) is 3.09. The van der Waals surface area contributed by atoms with Crippen LogP contribution < -0.4 is 10.6 Å². The lowest BCUT2D eigenvalue weighted by atomic mass is 10.2. The van der Waals surface area contributed by atoms with E-state index in [-0.39, 0.29) is 12.0 Å². The van der Waals surface area contributed by atoms with Crippen LogP contribution in [-0.2, 0) is 16.1 Å². The van der Waals surface area contributed by atoms with E-state index in [0.717, 1.165) is 50.4 Å². The maximum absolute atomic E-state index is 12.3. The molecule has 6 nitrogen and oxygen atoms in total. The van der Waals surface area contributed by atoms with Gasteiger partial charge >= 0.3 is 0 Å². The first-order valence-electron chi connectivity index (χ1n) is 7.58. The van der Waals surface area contributed by atoms with E-state index in [1.165, 1.54) is 0 Å². The Morgan fingerprint density at radius 2 is 2.14 bits per heavy atom. The molecule has 0 radical (unpaired) electrons. The molecule has 0 bridgehead atoms. The lowest BCUT2D eigenvalue weighted by molar-refractivity contribution is -0.141. The summed E-state index contributed by atoms with van der Waals surface area (Å²) < 4.78 is 5.48. The van der Waals surface area contributed by atoms with Crippen molar-refractivity contribution in [3.63, 3.8) is 0 Å². The summed E-state index contributed by atoms with van der Waals surface area (Å²) in [6.07, 6.45) is 3.47. The highest BCUT2D eigenvalue weighted by atomic mass is 16.5. The van der Waals surface area contributed by atoms with E-state index in [9.17, 15) is 4.79 Å². The van der Waals surface area contributed by atoms with E-state index in [0.29, 0.717) is 13.2 Å². The third-order valence-electron chi connectivity index (χ3n) is 4.17. The van der Waals surface area contributed by atoms with E-state index in [4.69, 9.17) is 10.5 Å². The molecule has 0 saturated carbocycles. The second-order valence-electron chi connectivity index (χ2n) is 5.54. The fourth-order valence-corrected chi connectivity index (χ4v) is 2.86. The van der Waals surface area contributed by atoms with Crippen LogP contribution in [-0.4, -0.2) is 54.7 Å². The van der Waals surface area contributed by atoms with Crippen molar-refractivity contribution in [2.75, 3.05) is 37.7 Å². The number of hydrogen-bond donors (Lipinski definition) is 1. The average molecular weight is 290 g/mol. The van der Waals surface area contributed by atoms with Gasteiger partial charge in [0.15, 0.2) is 0 Å². The fraction of sp³-hybridized carbons (Fsp3) is 0.600. The SMILES string of the molecule is NCc1ccc(N2CCN(C(=O)C3CCCO3)CC2)nc1. The van der Waals surface area contributed by atoms with Gasteiger partial charge in [0.25, 0.3) is 5.91 Å². The number of ether oxygens (including phenoxy) is 1. The van der Waals surface area contributed by atoms with Crippen LogP contribution in [0.4, 0.5) is 5.82 Å². The monoisotopic (exact) mass is 290 g/mol. The molecule has 0 aromatic carbocycles. The van der Waals surface area contributed by atoms with Crippen molar-refractivity contribution in [3.05, 3.63) is 23.9 Å². The largest absolute Gasteiger partial charge is 0.368 e. The maximum Gasteiger partial charge on any atom is 0.251 e. The van der Waals surface area contributed by atoms with E-state index in [2.05, 4.69) is 9.88 Å². The molecule has 2 N–H and O–H groups in total. The summed E-state index contributed by atoms with van der Waals surface area (Å²) in [6, 6.07) is 4.01. The predicted molar refractivity (Wildman–Crippen MR) is 79.9 cm³/mol. The topological polar surface area (TPSA) is 71.7 Å². The standard InChI is InChI=1S/C15H22N4O2/c16-10-12-3-4-14(17-11-12)18-5-7-19(8-6-18)15(20)13-2-1-9-21-13/h3-4,11,13H,1-2,5-10,16H2. The summed E-state index contributed by atoms with van der Waals surface area (Å²) in [5.74, 6) is 1.11. The van der Waals surface area contributed by atoms with Crippen molar-refractivity contribution >= 4 is 11.7 Å². The van der Waals surface area contributed by atoms with Gasteiger partial charge in [0.05, 0.1) is 0 Å². The molecule has 2 aliphatic heterocycles. The van der Waals surface area contributed by atoms with E-state index < -0.39 is 0 Å². The molecular formula is C15H22N4O2. The van der Waals surface area contributed by atoms with Gasteiger partial charge in [0, 0.05) is 45.5 Å². The van der Waals surface area contributed by atoms with Gasteiger partial charge in [0.1, 0.15) is 11.9 Å². The van der Waals surface area contributed by atoms with Crippen LogP contribution in [0.15, 0.2) is 18.3 Å². The van der Waals surface area contributed by atoms with Crippen molar-refractivity contribution < 1.29 is 9.53 Å². The fourth-order valence-electron chi connectivity index (χ4n) is 2.86. The molecule has 1 aromatic rings. The molecule has 21 heavy (non-hydrogen) atoms.